The number of carbonyl (C=O) groups is 3. The fourth-order valence-electron chi connectivity index (χ4n) is 2.18. The average molecular weight is 322 g/mol. The van der Waals surface area contributed by atoms with Crippen molar-refractivity contribution >= 4 is 35.3 Å². The molecule has 1 fully saturated rings. The van der Waals surface area contributed by atoms with Crippen LogP contribution in [0.4, 0.5) is 4.79 Å². The lowest BCUT2D eigenvalue weighted by molar-refractivity contribution is -0.143. The molecule has 1 heterocycles. The topological polar surface area (TPSA) is 84.5 Å². The third kappa shape index (κ3) is 5.69. The SMILES string of the molecule is O=C(COC(=O)/C=C/c1cccs1)NC(=O)NC1CCCC1. The smallest absolute Gasteiger partial charge is 0.331 e. The van der Waals surface area contributed by atoms with Crippen LogP contribution in [0.1, 0.15) is 30.6 Å². The van der Waals surface area contributed by atoms with Crippen molar-refractivity contribution in [3.8, 4) is 0 Å². The van der Waals surface area contributed by atoms with Gasteiger partial charge in [-0.1, -0.05) is 18.9 Å². The number of amides is 3. The van der Waals surface area contributed by atoms with Gasteiger partial charge in [0.05, 0.1) is 0 Å². The van der Waals surface area contributed by atoms with Crippen molar-refractivity contribution in [2.24, 2.45) is 0 Å². The summed E-state index contributed by atoms with van der Waals surface area (Å²) >= 11 is 1.49. The molecule has 0 aromatic carbocycles. The molecule has 2 rings (SSSR count). The van der Waals surface area contributed by atoms with Crippen LogP contribution in [0.2, 0.25) is 0 Å². The molecule has 1 aliphatic rings. The summed E-state index contributed by atoms with van der Waals surface area (Å²) in [6.07, 6.45) is 6.91. The van der Waals surface area contributed by atoms with Gasteiger partial charge in [-0.2, -0.15) is 0 Å². The molecule has 1 saturated carbocycles. The van der Waals surface area contributed by atoms with Gasteiger partial charge in [0.1, 0.15) is 0 Å². The quantitative estimate of drug-likeness (QED) is 0.642. The molecule has 1 aliphatic carbocycles. The fourth-order valence-corrected chi connectivity index (χ4v) is 2.79. The van der Waals surface area contributed by atoms with Gasteiger partial charge in [-0.15, -0.1) is 11.3 Å². The largest absolute Gasteiger partial charge is 0.452 e. The van der Waals surface area contributed by atoms with Crippen molar-refractivity contribution in [2.75, 3.05) is 6.61 Å². The Morgan fingerprint density at radius 3 is 2.77 bits per heavy atom. The molecule has 0 spiro atoms. The fraction of sp³-hybridized carbons (Fsp3) is 0.400. The first kappa shape index (κ1) is 16.2. The van der Waals surface area contributed by atoms with Crippen LogP contribution in [-0.2, 0) is 14.3 Å². The van der Waals surface area contributed by atoms with Crippen LogP contribution >= 0.6 is 11.3 Å². The average Bonchev–Trinajstić information content (AvgIpc) is 3.15. The molecule has 7 heteroatoms. The van der Waals surface area contributed by atoms with Crippen LogP contribution in [-0.4, -0.2) is 30.6 Å². The molecule has 0 radical (unpaired) electrons. The molecule has 3 amide bonds. The zero-order chi connectivity index (χ0) is 15.8. The molecular formula is C15H18N2O4S. The summed E-state index contributed by atoms with van der Waals surface area (Å²) in [6, 6.07) is 3.31. The third-order valence-electron chi connectivity index (χ3n) is 3.22. The second-order valence-electron chi connectivity index (χ2n) is 4.96. The van der Waals surface area contributed by atoms with E-state index in [0.29, 0.717) is 0 Å². The first-order valence-corrected chi connectivity index (χ1v) is 8.00. The number of esters is 1. The van der Waals surface area contributed by atoms with Crippen LogP contribution in [0.3, 0.4) is 0 Å². The Hall–Kier alpha value is -2.15. The standard InChI is InChI=1S/C15H18N2O4S/c18-13(17-15(20)16-11-4-1-2-5-11)10-21-14(19)8-7-12-6-3-9-22-12/h3,6-9,11H,1-2,4-5,10H2,(H2,16,17,18,20)/b8-7+. The highest BCUT2D eigenvalue weighted by Gasteiger charge is 2.18. The van der Waals surface area contributed by atoms with Crippen LogP contribution in [0.25, 0.3) is 6.08 Å². The maximum absolute atomic E-state index is 11.5. The van der Waals surface area contributed by atoms with Gasteiger partial charge in [-0.25, -0.2) is 9.59 Å². The summed E-state index contributed by atoms with van der Waals surface area (Å²) in [4.78, 5) is 35.4. The number of rotatable bonds is 5. The second-order valence-corrected chi connectivity index (χ2v) is 5.94. The zero-order valence-electron chi connectivity index (χ0n) is 12.0. The van der Waals surface area contributed by atoms with E-state index < -0.39 is 24.5 Å². The summed E-state index contributed by atoms with van der Waals surface area (Å²) < 4.78 is 4.76. The van der Waals surface area contributed by atoms with Crippen molar-refractivity contribution in [3.63, 3.8) is 0 Å². The van der Waals surface area contributed by atoms with Gasteiger partial charge >= 0.3 is 12.0 Å². The van der Waals surface area contributed by atoms with E-state index in [9.17, 15) is 14.4 Å². The van der Waals surface area contributed by atoms with Gasteiger partial charge in [0.2, 0.25) is 0 Å². The number of thiophene rings is 1. The molecule has 0 saturated heterocycles. The molecule has 0 aliphatic heterocycles. The highest BCUT2D eigenvalue weighted by molar-refractivity contribution is 7.10. The molecule has 1 aromatic rings. The number of hydrogen-bond acceptors (Lipinski definition) is 5. The Bertz CT molecular complexity index is 548. The summed E-state index contributed by atoms with van der Waals surface area (Å²) in [5, 5.41) is 6.75. The Morgan fingerprint density at radius 1 is 1.32 bits per heavy atom. The minimum absolute atomic E-state index is 0.129. The number of carbonyl (C=O) groups excluding carboxylic acids is 3. The first-order valence-electron chi connectivity index (χ1n) is 7.12. The lowest BCUT2D eigenvalue weighted by Crippen LogP contribution is -2.44. The Morgan fingerprint density at radius 2 is 2.09 bits per heavy atom. The van der Waals surface area contributed by atoms with Gasteiger partial charge in [0, 0.05) is 17.0 Å². The summed E-state index contributed by atoms with van der Waals surface area (Å²) in [6.45, 7) is -0.480. The lowest BCUT2D eigenvalue weighted by Gasteiger charge is -2.12. The normalized spacial score (nSPS) is 14.9. The van der Waals surface area contributed by atoms with Crippen molar-refractivity contribution < 1.29 is 19.1 Å². The highest BCUT2D eigenvalue weighted by Crippen LogP contribution is 2.17. The summed E-state index contributed by atoms with van der Waals surface area (Å²) in [7, 11) is 0. The molecule has 0 atom stereocenters. The second kappa shape index (κ2) is 8.33. The molecule has 22 heavy (non-hydrogen) atoms. The van der Waals surface area contributed by atoms with Gasteiger partial charge in [0.15, 0.2) is 6.61 Å². The number of imide groups is 1. The predicted molar refractivity (Wildman–Crippen MR) is 83.2 cm³/mol. The van der Waals surface area contributed by atoms with Gasteiger partial charge in [-0.05, 0) is 30.4 Å². The molecule has 0 bridgehead atoms. The molecule has 1 aromatic heterocycles. The maximum atomic E-state index is 11.5. The van der Waals surface area contributed by atoms with Gasteiger partial charge < -0.3 is 10.1 Å². The minimum Gasteiger partial charge on any atom is -0.452 e. The van der Waals surface area contributed by atoms with E-state index in [4.69, 9.17) is 4.74 Å². The van der Waals surface area contributed by atoms with Crippen LogP contribution in [0.5, 0.6) is 0 Å². The zero-order valence-corrected chi connectivity index (χ0v) is 12.9. The number of nitrogens with one attached hydrogen (secondary N) is 2. The number of ether oxygens (including phenoxy) is 1. The van der Waals surface area contributed by atoms with Crippen molar-refractivity contribution in [1.82, 2.24) is 10.6 Å². The van der Waals surface area contributed by atoms with E-state index in [1.165, 1.54) is 17.4 Å². The molecule has 118 valence electrons. The van der Waals surface area contributed by atoms with Crippen molar-refractivity contribution in [1.29, 1.82) is 0 Å². The van der Waals surface area contributed by atoms with E-state index in [1.807, 2.05) is 17.5 Å². The molecule has 0 unspecified atom stereocenters. The molecule has 2 N–H and O–H groups in total. The summed E-state index contributed by atoms with van der Waals surface area (Å²) in [5.74, 6) is -1.27. The van der Waals surface area contributed by atoms with Crippen LogP contribution in [0, 0.1) is 0 Å². The van der Waals surface area contributed by atoms with E-state index in [2.05, 4.69) is 10.6 Å². The van der Waals surface area contributed by atoms with Crippen LogP contribution < -0.4 is 10.6 Å². The van der Waals surface area contributed by atoms with Crippen molar-refractivity contribution in [2.45, 2.75) is 31.7 Å². The van der Waals surface area contributed by atoms with E-state index >= 15 is 0 Å². The monoisotopic (exact) mass is 322 g/mol. The maximum Gasteiger partial charge on any atom is 0.331 e. The third-order valence-corrected chi connectivity index (χ3v) is 4.05. The number of hydrogen-bond donors (Lipinski definition) is 2. The predicted octanol–water partition coefficient (Wildman–Crippen LogP) is 2.07. The van der Waals surface area contributed by atoms with Crippen molar-refractivity contribution in [3.05, 3.63) is 28.5 Å². The molecule has 6 nitrogen and oxygen atoms in total. The van der Waals surface area contributed by atoms with Crippen LogP contribution in [0.15, 0.2) is 23.6 Å². The Labute approximate surface area is 132 Å². The van der Waals surface area contributed by atoms with Gasteiger partial charge in [0.25, 0.3) is 5.91 Å². The summed E-state index contributed by atoms with van der Waals surface area (Å²) in [5.41, 5.74) is 0. The van der Waals surface area contributed by atoms with E-state index in [0.717, 1.165) is 30.6 Å². The lowest BCUT2D eigenvalue weighted by atomic mass is 10.2. The van der Waals surface area contributed by atoms with E-state index in [1.54, 1.807) is 6.08 Å². The highest BCUT2D eigenvalue weighted by atomic mass is 32.1. The van der Waals surface area contributed by atoms with Gasteiger partial charge in [-0.3, -0.25) is 10.1 Å². The minimum atomic E-state index is -0.645. The molecular weight excluding hydrogens is 304 g/mol. The Kier molecular flexibility index (Phi) is 6.14. The first-order chi connectivity index (χ1) is 10.6. The van der Waals surface area contributed by atoms with E-state index in [-0.39, 0.29) is 6.04 Å². The Balaban J connectivity index is 1.64. The number of urea groups is 1.